The SMILES string of the molecule is Cc1ccc(N2CCC(N3CCN(C4CCOCC4)CC3)CC2)cc1. The largest absolute Gasteiger partial charge is 0.381 e. The third kappa shape index (κ3) is 4.18. The summed E-state index contributed by atoms with van der Waals surface area (Å²) in [5.41, 5.74) is 2.74. The molecule has 0 bridgehead atoms. The van der Waals surface area contributed by atoms with E-state index in [9.17, 15) is 0 Å². The standard InChI is InChI=1S/C21H33N3O/c1-18-2-4-19(5-3-18)22-10-6-20(7-11-22)23-12-14-24(15-13-23)21-8-16-25-17-9-21/h2-5,20-21H,6-17H2,1H3. The molecule has 0 saturated carbocycles. The number of anilines is 1. The molecule has 0 N–H and O–H groups in total. The molecule has 4 rings (SSSR count). The molecule has 3 fully saturated rings. The maximum atomic E-state index is 5.52. The van der Waals surface area contributed by atoms with E-state index < -0.39 is 0 Å². The number of piperidine rings is 1. The van der Waals surface area contributed by atoms with Crippen LogP contribution < -0.4 is 4.90 Å². The first kappa shape index (κ1) is 17.3. The minimum atomic E-state index is 0.777. The Hall–Kier alpha value is -1.10. The lowest BCUT2D eigenvalue weighted by Gasteiger charge is -2.45. The van der Waals surface area contributed by atoms with Crippen molar-refractivity contribution >= 4 is 5.69 Å². The third-order valence-electron chi connectivity index (χ3n) is 6.44. The van der Waals surface area contributed by atoms with E-state index in [-0.39, 0.29) is 0 Å². The van der Waals surface area contributed by atoms with Crippen LogP contribution in [0.25, 0.3) is 0 Å². The molecule has 4 heteroatoms. The number of hydrogen-bond donors (Lipinski definition) is 0. The van der Waals surface area contributed by atoms with Crippen molar-refractivity contribution in [3.63, 3.8) is 0 Å². The smallest absolute Gasteiger partial charge is 0.0480 e. The van der Waals surface area contributed by atoms with Crippen LogP contribution in [0, 0.1) is 6.92 Å². The Morgan fingerprint density at radius 1 is 0.720 bits per heavy atom. The monoisotopic (exact) mass is 343 g/mol. The van der Waals surface area contributed by atoms with Gasteiger partial charge in [0.05, 0.1) is 0 Å². The number of ether oxygens (including phenoxy) is 1. The number of hydrogen-bond acceptors (Lipinski definition) is 4. The highest BCUT2D eigenvalue weighted by Gasteiger charge is 2.30. The van der Waals surface area contributed by atoms with Crippen molar-refractivity contribution in [2.45, 2.75) is 44.7 Å². The molecule has 0 aromatic heterocycles. The van der Waals surface area contributed by atoms with Gasteiger partial charge in [-0.3, -0.25) is 9.80 Å². The van der Waals surface area contributed by atoms with Gasteiger partial charge in [-0.15, -0.1) is 0 Å². The van der Waals surface area contributed by atoms with Gasteiger partial charge >= 0.3 is 0 Å². The van der Waals surface area contributed by atoms with Crippen LogP contribution in [0.2, 0.25) is 0 Å². The third-order valence-corrected chi connectivity index (χ3v) is 6.44. The number of rotatable bonds is 3. The summed E-state index contributed by atoms with van der Waals surface area (Å²) in [6.45, 7) is 11.5. The quantitative estimate of drug-likeness (QED) is 0.840. The Balaban J connectivity index is 1.24. The Morgan fingerprint density at radius 3 is 1.80 bits per heavy atom. The summed E-state index contributed by atoms with van der Waals surface area (Å²) in [5.74, 6) is 0. The summed E-state index contributed by atoms with van der Waals surface area (Å²) in [5, 5.41) is 0. The molecule has 0 amide bonds. The average molecular weight is 344 g/mol. The van der Waals surface area contributed by atoms with Crippen molar-refractivity contribution in [2.24, 2.45) is 0 Å². The second kappa shape index (κ2) is 8.07. The van der Waals surface area contributed by atoms with E-state index in [0.717, 1.165) is 25.3 Å². The van der Waals surface area contributed by atoms with E-state index in [1.807, 2.05) is 0 Å². The van der Waals surface area contributed by atoms with Gasteiger partial charge in [0, 0.05) is 70.3 Å². The van der Waals surface area contributed by atoms with Crippen LogP contribution in [0.4, 0.5) is 5.69 Å². The zero-order chi connectivity index (χ0) is 17.1. The van der Waals surface area contributed by atoms with Crippen LogP contribution in [0.3, 0.4) is 0 Å². The van der Waals surface area contributed by atoms with Crippen LogP contribution in [-0.2, 0) is 4.74 Å². The molecule has 0 atom stereocenters. The second-order valence-electron chi connectivity index (χ2n) is 7.97. The molecule has 3 aliphatic heterocycles. The molecule has 0 unspecified atom stereocenters. The molecule has 3 saturated heterocycles. The van der Waals surface area contributed by atoms with Crippen LogP contribution in [0.1, 0.15) is 31.2 Å². The van der Waals surface area contributed by atoms with Gasteiger partial charge in [0.1, 0.15) is 0 Å². The highest BCUT2D eigenvalue weighted by molar-refractivity contribution is 5.47. The lowest BCUT2D eigenvalue weighted by molar-refractivity contribution is 0.00422. The van der Waals surface area contributed by atoms with Crippen LogP contribution in [0.5, 0.6) is 0 Å². The highest BCUT2D eigenvalue weighted by atomic mass is 16.5. The summed E-state index contributed by atoms with van der Waals surface area (Å²) in [4.78, 5) is 8.05. The normalized spacial score (nSPS) is 25.4. The zero-order valence-electron chi connectivity index (χ0n) is 15.7. The van der Waals surface area contributed by atoms with E-state index in [2.05, 4.69) is 45.9 Å². The molecule has 0 spiro atoms. The van der Waals surface area contributed by atoms with Crippen molar-refractivity contribution in [3.8, 4) is 0 Å². The Morgan fingerprint density at radius 2 is 1.24 bits per heavy atom. The van der Waals surface area contributed by atoms with Crippen molar-refractivity contribution in [1.29, 1.82) is 0 Å². The van der Waals surface area contributed by atoms with Gasteiger partial charge in [-0.25, -0.2) is 0 Å². The van der Waals surface area contributed by atoms with E-state index in [4.69, 9.17) is 4.74 Å². The molecule has 1 aromatic rings. The molecule has 1 aromatic carbocycles. The van der Waals surface area contributed by atoms with Gasteiger partial charge in [0.15, 0.2) is 0 Å². The van der Waals surface area contributed by atoms with Crippen LogP contribution in [0.15, 0.2) is 24.3 Å². The Bertz CT molecular complexity index is 525. The van der Waals surface area contributed by atoms with Crippen LogP contribution >= 0.6 is 0 Å². The minimum Gasteiger partial charge on any atom is -0.381 e. The predicted octanol–water partition coefficient (Wildman–Crippen LogP) is 2.76. The number of piperazine rings is 1. The first-order valence-corrected chi connectivity index (χ1v) is 10.2. The molecule has 0 radical (unpaired) electrons. The zero-order valence-corrected chi connectivity index (χ0v) is 15.7. The minimum absolute atomic E-state index is 0.777. The summed E-state index contributed by atoms with van der Waals surface area (Å²) < 4.78 is 5.52. The summed E-state index contributed by atoms with van der Waals surface area (Å²) >= 11 is 0. The van der Waals surface area contributed by atoms with Gasteiger partial charge in [-0.2, -0.15) is 0 Å². The molecule has 0 aliphatic carbocycles. The maximum Gasteiger partial charge on any atom is 0.0480 e. The maximum absolute atomic E-state index is 5.52. The molecular formula is C21H33N3O. The van der Waals surface area contributed by atoms with Crippen molar-refractivity contribution in [1.82, 2.24) is 9.80 Å². The topological polar surface area (TPSA) is 19.0 Å². The first-order valence-electron chi connectivity index (χ1n) is 10.2. The number of aryl methyl sites for hydroxylation is 1. The van der Waals surface area contributed by atoms with E-state index in [1.165, 1.54) is 76.2 Å². The fourth-order valence-electron chi connectivity index (χ4n) is 4.76. The van der Waals surface area contributed by atoms with E-state index in [1.54, 1.807) is 0 Å². The number of benzene rings is 1. The van der Waals surface area contributed by atoms with Crippen molar-refractivity contribution in [3.05, 3.63) is 29.8 Å². The fourth-order valence-corrected chi connectivity index (χ4v) is 4.76. The molecule has 3 aliphatic rings. The van der Waals surface area contributed by atoms with Crippen molar-refractivity contribution < 1.29 is 4.74 Å². The van der Waals surface area contributed by atoms with E-state index in [0.29, 0.717) is 0 Å². The Kier molecular flexibility index (Phi) is 5.59. The predicted molar refractivity (Wildman–Crippen MR) is 103 cm³/mol. The van der Waals surface area contributed by atoms with Crippen molar-refractivity contribution in [2.75, 3.05) is 57.4 Å². The lowest BCUT2D eigenvalue weighted by atomic mass is 10.0. The lowest BCUT2D eigenvalue weighted by Crippen LogP contribution is -2.55. The first-order chi connectivity index (χ1) is 12.3. The highest BCUT2D eigenvalue weighted by Crippen LogP contribution is 2.24. The number of nitrogens with zero attached hydrogens (tertiary/aromatic N) is 3. The van der Waals surface area contributed by atoms with Crippen LogP contribution in [-0.4, -0.2) is 74.4 Å². The van der Waals surface area contributed by atoms with Gasteiger partial charge in [-0.1, -0.05) is 17.7 Å². The Labute approximate surface area is 152 Å². The van der Waals surface area contributed by atoms with Gasteiger partial charge in [0.25, 0.3) is 0 Å². The average Bonchev–Trinajstić information content (AvgIpc) is 2.70. The molecule has 25 heavy (non-hydrogen) atoms. The molecule has 4 nitrogen and oxygen atoms in total. The summed E-state index contributed by atoms with van der Waals surface area (Å²) in [7, 11) is 0. The van der Waals surface area contributed by atoms with Gasteiger partial charge < -0.3 is 9.64 Å². The fraction of sp³-hybridized carbons (Fsp3) is 0.714. The molecular weight excluding hydrogens is 310 g/mol. The molecule has 138 valence electrons. The summed E-state index contributed by atoms with van der Waals surface area (Å²) in [6.07, 6.45) is 5.08. The molecule has 3 heterocycles. The van der Waals surface area contributed by atoms with Gasteiger partial charge in [-0.05, 0) is 44.7 Å². The van der Waals surface area contributed by atoms with Gasteiger partial charge in [0.2, 0.25) is 0 Å². The summed E-state index contributed by atoms with van der Waals surface area (Å²) in [6, 6.07) is 10.6. The second-order valence-corrected chi connectivity index (χ2v) is 7.97. The van der Waals surface area contributed by atoms with E-state index >= 15 is 0 Å².